The van der Waals surface area contributed by atoms with Crippen molar-refractivity contribution >= 4 is 16.7 Å². The summed E-state index contributed by atoms with van der Waals surface area (Å²) in [4.78, 5) is 36.9. The fourth-order valence-corrected chi connectivity index (χ4v) is 3.46. The SMILES string of the molecule is Cc1ccccc1C1CC1NC(=O)Cn1[nH]c(=O)c2ccccc2c1=O. The number of aromatic amines is 1. The van der Waals surface area contributed by atoms with Crippen molar-refractivity contribution in [3.63, 3.8) is 0 Å². The predicted molar refractivity (Wildman–Crippen MR) is 99.3 cm³/mol. The first-order valence-corrected chi connectivity index (χ1v) is 8.61. The quantitative estimate of drug-likeness (QED) is 0.751. The van der Waals surface area contributed by atoms with Gasteiger partial charge in [-0.1, -0.05) is 36.4 Å². The molecule has 1 fully saturated rings. The number of hydrogen-bond donors (Lipinski definition) is 2. The predicted octanol–water partition coefficient (Wildman–Crippen LogP) is 1.67. The van der Waals surface area contributed by atoms with Crippen molar-refractivity contribution in [1.29, 1.82) is 0 Å². The largest absolute Gasteiger partial charge is 0.351 e. The van der Waals surface area contributed by atoms with Crippen molar-refractivity contribution in [2.24, 2.45) is 0 Å². The first kappa shape index (κ1) is 16.3. The molecule has 1 aliphatic carbocycles. The number of nitrogens with zero attached hydrogens (tertiary/aromatic N) is 1. The number of fused-ring (bicyclic) bond motifs is 1. The molecule has 2 atom stereocenters. The summed E-state index contributed by atoms with van der Waals surface area (Å²) in [6, 6.07) is 14.8. The lowest BCUT2D eigenvalue weighted by Gasteiger charge is -2.09. The van der Waals surface area contributed by atoms with Gasteiger partial charge in [0.1, 0.15) is 6.54 Å². The minimum atomic E-state index is -0.378. The lowest BCUT2D eigenvalue weighted by Crippen LogP contribution is -2.37. The third kappa shape index (κ3) is 2.94. The second-order valence-electron chi connectivity index (χ2n) is 6.75. The van der Waals surface area contributed by atoms with Gasteiger partial charge in [0.25, 0.3) is 11.1 Å². The van der Waals surface area contributed by atoms with E-state index in [2.05, 4.69) is 29.5 Å². The molecule has 2 unspecified atom stereocenters. The number of benzene rings is 2. The Kier molecular flexibility index (Phi) is 3.95. The standard InChI is InChI=1S/C20H19N3O3/c1-12-6-2-3-7-13(12)16-10-17(16)21-18(24)11-23-20(26)15-9-5-4-8-14(15)19(25)22-23/h2-9,16-17H,10-11H2,1H3,(H,21,24)(H,22,25). The van der Waals surface area contributed by atoms with E-state index in [-0.39, 0.29) is 29.6 Å². The fourth-order valence-electron chi connectivity index (χ4n) is 3.46. The molecule has 0 radical (unpaired) electrons. The maximum absolute atomic E-state index is 12.5. The zero-order valence-electron chi connectivity index (χ0n) is 14.4. The van der Waals surface area contributed by atoms with Gasteiger partial charge in [-0.25, -0.2) is 4.68 Å². The molecule has 2 N–H and O–H groups in total. The topological polar surface area (TPSA) is 84.0 Å². The molecule has 3 aromatic rings. The number of aromatic nitrogens is 2. The Morgan fingerprint density at radius 3 is 2.58 bits per heavy atom. The van der Waals surface area contributed by atoms with Crippen LogP contribution < -0.4 is 16.4 Å². The number of rotatable bonds is 4. The lowest BCUT2D eigenvalue weighted by atomic mass is 10.0. The van der Waals surface area contributed by atoms with Crippen molar-refractivity contribution in [3.8, 4) is 0 Å². The molecule has 1 amide bonds. The zero-order chi connectivity index (χ0) is 18.3. The fraction of sp³-hybridized carbons (Fsp3) is 0.250. The molecule has 1 aliphatic rings. The summed E-state index contributed by atoms with van der Waals surface area (Å²) >= 11 is 0. The first-order valence-electron chi connectivity index (χ1n) is 8.61. The van der Waals surface area contributed by atoms with Crippen LogP contribution >= 0.6 is 0 Å². The van der Waals surface area contributed by atoms with Gasteiger partial charge in [0, 0.05) is 12.0 Å². The summed E-state index contributed by atoms with van der Waals surface area (Å²) in [5.41, 5.74) is 1.71. The summed E-state index contributed by atoms with van der Waals surface area (Å²) in [6.45, 7) is 1.86. The van der Waals surface area contributed by atoms with Crippen LogP contribution in [-0.2, 0) is 11.3 Å². The van der Waals surface area contributed by atoms with E-state index in [1.807, 2.05) is 12.1 Å². The van der Waals surface area contributed by atoms with Crippen molar-refractivity contribution < 1.29 is 4.79 Å². The number of H-pyrrole nitrogens is 1. The van der Waals surface area contributed by atoms with E-state index in [1.54, 1.807) is 24.3 Å². The molecule has 1 heterocycles. The summed E-state index contributed by atoms with van der Waals surface area (Å²) in [6.07, 6.45) is 0.889. The highest BCUT2D eigenvalue weighted by Crippen LogP contribution is 2.42. The van der Waals surface area contributed by atoms with Gasteiger partial charge in [0.05, 0.1) is 10.8 Å². The number of nitrogens with one attached hydrogen (secondary N) is 2. The van der Waals surface area contributed by atoms with Crippen molar-refractivity contribution in [3.05, 3.63) is 80.4 Å². The molecular formula is C20H19N3O3. The van der Waals surface area contributed by atoms with Gasteiger partial charge >= 0.3 is 0 Å². The van der Waals surface area contributed by atoms with E-state index in [0.29, 0.717) is 16.7 Å². The molecule has 132 valence electrons. The van der Waals surface area contributed by atoms with E-state index < -0.39 is 0 Å². The maximum Gasteiger partial charge on any atom is 0.273 e. The van der Waals surface area contributed by atoms with Gasteiger partial charge < -0.3 is 5.32 Å². The number of aryl methyl sites for hydroxylation is 1. The average molecular weight is 349 g/mol. The van der Waals surface area contributed by atoms with E-state index in [9.17, 15) is 14.4 Å². The maximum atomic E-state index is 12.5. The van der Waals surface area contributed by atoms with Gasteiger partial charge in [-0.2, -0.15) is 0 Å². The molecule has 0 spiro atoms. The van der Waals surface area contributed by atoms with Crippen LogP contribution in [0.5, 0.6) is 0 Å². The molecule has 1 aromatic heterocycles. The molecule has 0 bridgehead atoms. The molecule has 6 heteroatoms. The van der Waals surface area contributed by atoms with E-state index >= 15 is 0 Å². The Hall–Kier alpha value is -3.15. The number of carbonyl (C=O) groups excluding carboxylic acids is 1. The van der Waals surface area contributed by atoms with Gasteiger partial charge in [-0.05, 0) is 36.6 Å². The monoisotopic (exact) mass is 349 g/mol. The Morgan fingerprint density at radius 2 is 1.81 bits per heavy atom. The van der Waals surface area contributed by atoms with Gasteiger partial charge in [0.2, 0.25) is 5.91 Å². The zero-order valence-corrected chi connectivity index (χ0v) is 14.4. The van der Waals surface area contributed by atoms with E-state index in [0.717, 1.165) is 11.1 Å². The number of carbonyl (C=O) groups is 1. The Morgan fingerprint density at radius 1 is 1.12 bits per heavy atom. The minimum Gasteiger partial charge on any atom is -0.351 e. The van der Waals surface area contributed by atoms with Gasteiger partial charge in [0.15, 0.2) is 0 Å². The smallest absolute Gasteiger partial charge is 0.273 e. The molecule has 1 saturated carbocycles. The van der Waals surface area contributed by atoms with Crippen LogP contribution in [0.4, 0.5) is 0 Å². The first-order chi connectivity index (χ1) is 12.5. The van der Waals surface area contributed by atoms with Crippen LogP contribution in [0.3, 0.4) is 0 Å². The van der Waals surface area contributed by atoms with Crippen molar-refractivity contribution in [2.75, 3.05) is 0 Å². The van der Waals surface area contributed by atoms with Gasteiger partial charge in [-0.3, -0.25) is 19.5 Å². The molecule has 0 aliphatic heterocycles. The minimum absolute atomic E-state index is 0.0754. The summed E-state index contributed by atoms with van der Waals surface area (Å²) < 4.78 is 1.07. The van der Waals surface area contributed by atoms with Crippen LogP contribution in [0.2, 0.25) is 0 Å². The third-order valence-electron chi connectivity index (χ3n) is 4.91. The second-order valence-corrected chi connectivity index (χ2v) is 6.75. The van der Waals surface area contributed by atoms with E-state index in [4.69, 9.17) is 0 Å². The molecule has 26 heavy (non-hydrogen) atoms. The molecule has 2 aromatic carbocycles. The van der Waals surface area contributed by atoms with Crippen LogP contribution in [0.15, 0.2) is 58.1 Å². The number of amides is 1. The Labute approximate surface area is 149 Å². The highest BCUT2D eigenvalue weighted by molar-refractivity contribution is 5.81. The van der Waals surface area contributed by atoms with Crippen LogP contribution in [-0.4, -0.2) is 21.7 Å². The summed E-state index contributed by atoms with van der Waals surface area (Å²) in [7, 11) is 0. The average Bonchev–Trinajstić information content (AvgIpc) is 3.38. The highest BCUT2D eigenvalue weighted by atomic mass is 16.2. The molecule has 6 nitrogen and oxygen atoms in total. The third-order valence-corrected chi connectivity index (χ3v) is 4.91. The molecular weight excluding hydrogens is 330 g/mol. The lowest BCUT2D eigenvalue weighted by molar-refractivity contribution is -0.122. The van der Waals surface area contributed by atoms with Crippen LogP contribution in [0.25, 0.3) is 10.8 Å². The van der Waals surface area contributed by atoms with Crippen molar-refractivity contribution in [2.45, 2.75) is 31.8 Å². The molecule has 0 saturated heterocycles. The van der Waals surface area contributed by atoms with Crippen LogP contribution in [0.1, 0.15) is 23.5 Å². The Bertz CT molecular complexity index is 1110. The Balaban J connectivity index is 1.49. The normalized spacial score (nSPS) is 18.7. The summed E-state index contributed by atoms with van der Waals surface area (Å²) in [5, 5.41) is 6.08. The van der Waals surface area contributed by atoms with Crippen LogP contribution in [0, 0.1) is 6.92 Å². The van der Waals surface area contributed by atoms with E-state index in [1.165, 1.54) is 11.1 Å². The second kappa shape index (κ2) is 6.29. The van der Waals surface area contributed by atoms with Crippen molar-refractivity contribution in [1.82, 2.24) is 15.1 Å². The van der Waals surface area contributed by atoms with Gasteiger partial charge in [-0.15, -0.1) is 0 Å². The molecule has 4 rings (SSSR count). The summed E-state index contributed by atoms with van der Waals surface area (Å²) in [5.74, 6) is 0.0339. The highest BCUT2D eigenvalue weighted by Gasteiger charge is 2.40. The number of hydrogen-bond acceptors (Lipinski definition) is 3.